The average molecular weight is 322 g/mol. The van der Waals surface area contributed by atoms with E-state index in [0.717, 1.165) is 37.7 Å². The van der Waals surface area contributed by atoms with Crippen LogP contribution in [0.25, 0.3) is 0 Å². The molecule has 1 aromatic rings. The van der Waals surface area contributed by atoms with Crippen LogP contribution in [0.15, 0.2) is 12.1 Å². The zero-order chi connectivity index (χ0) is 17.1. The van der Waals surface area contributed by atoms with Crippen LogP contribution in [0.3, 0.4) is 0 Å². The van der Waals surface area contributed by atoms with Gasteiger partial charge in [0.15, 0.2) is 0 Å². The number of carboxylic acids is 1. The lowest BCUT2D eigenvalue weighted by atomic mass is 9.98. The van der Waals surface area contributed by atoms with E-state index in [2.05, 4.69) is 6.92 Å². The molecular weight excluding hydrogens is 292 g/mol. The number of unbranched alkanes of at least 4 members (excludes halogenated alkanes) is 6. The van der Waals surface area contributed by atoms with Gasteiger partial charge in [-0.05, 0) is 25.0 Å². The predicted molar refractivity (Wildman–Crippen MR) is 92.3 cm³/mol. The summed E-state index contributed by atoms with van der Waals surface area (Å²) >= 11 is 0. The van der Waals surface area contributed by atoms with Gasteiger partial charge < -0.3 is 14.9 Å². The van der Waals surface area contributed by atoms with Crippen molar-refractivity contribution in [3.8, 4) is 11.5 Å². The Balaban J connectivity index is 0.000000593. The maximum Gasteiger partial charge on any atom is 0.300 e. The smallest absolute Gasteiger partial charge is 0.300 e. The molecular formula is C19H30O4. The molecule has 0 aromatic heterocycles. The van der Waals surface area contributed by atoms with Gasteiger partial charge in [-0.1, -0.05) is 45.4 Å². The number of ether oxygens (including phenoxy) is 1. The molecule has 1 aliphatic heterocycles. The molecule has 130 valence electrons. The zero-order valence-corrected chi connectivity index (χ0v) is 14.4. The van der Waals surface area contributed by atoms with E-state index in [1.807, 2.05) is 6.07 Å². The van der Waals surface area contributed by atoms with Crippen molar-refractivity contribution in [2.45, 2.75) is 71.6 Å². The summed E-state index contributed by atoms with van der Waals surface area (Å²) in [5, 5.41) is 17.4. The number of phenols is 1. The lowest BCUT2D eigenvalue weighted by molar-refractivity contribution is -0.134. The van der Waals surface area contributed by atoms with Crippen molar-refractivity contribution in [3.05, 3.63) is 23.3 Å². The van der Waals surface area contributed by atoms with Crippen LogP contribution in [0.1, 0.15) is 69.9 Å². The number of hydrogen-bond acceptors (Lipinski definition) is 3. The van der Waals surface area contributed by atoms with Gasteiger partial charge in [0.2, 0.25) is 0 Å². The molecule has 0 atom stereocenters. The van der Waals surface area contributed by atoms with E-state index in [-0.39, 0.29) is 0 Å². The first-order valence-electron chi connectivity index (χ1n) is 8.72. The fourth-order valence-corrected chi connectivity index (χ4v) is 2.87. The number of phenolic OH excluding ortho intramolecular Hbond substituents is 1. The highest BCUT2D eigenvalue weighted by molar-refractivity contribution is 5.62. The fraction of sp³-hybridized carbons (Fsp3) is 0.632. The molecule has 23 heavy (non-hydrogen) atoms. The largest absolute Gasteiger partial charge is 0.508 e. The first-order valence-corrected chi connectivity index (χ1v) is 8.72. The summed E-state index contributed by atoms with van der Waals surface area (Å²) in [4.78, 5) is 9.00. The van der Waals surface area contributed by atoms with Crippen molar-refractivity contribution >= 4 is 5.97 Å². The topological polar surface area (TPSA) is 66.8 Å². The van der Waals surface area contributed by atoms with Crippen molar-refractivity contribution < 1.29 is 19.7 Å². The summed E-state index contributed by atoms with van der Waals surface area (Å²) in [7, 11) is 0. The summed E-state index contributed by atoms with van der Waals surface area (Å²) in [5.41, 5.74) is 2.37. The van der Waals surface area contributed by atoms with Crippen LogP contribution in [0, 0.1) is 0 Å². The molecule has 0 radical (unpaired) electrons. The van der Waals surface area contributed by atoms with E-state index < -0.39 is 5.97 Å². The molecule has 0 unspecified atom stereocenters. The average Bonchev–Trinajstić information content (AvgIpc) is 2.96. The summed E-state index contributed by atoms with van der Waals surface area (Å²) in [6.07, 6.45) is 11.1. The Morgan fingerprint density at radius 3 is 2.39 bits per heavy atom. The van der Waals surface area contributed by atoms with E-state index in [1.165, 1.54) is 50.5 Å². The van der Waals surface area contributed by atoms with Gasteiger partial charge in [0.1, 0.15) is 11.5 Å². The molecule has 1 aromatic carbocycles. The van der Waals surface area contributed by atoms with Crippen LogP contribution < -0.4 is 4.74 Å². The van der Waals surface area contributed by atoms with Crippen molar-refractivity contribution in [1.82, 2.24) is 0 Å². The number of carboxylic acid groups (broad SMARTS) is 1. The van der Waals surface area contributed by atoms with Gasteiger partial charge in [-0.3, -0.25) is 4.79 Å². The molecule has 1 heterocycles. The van der Waals surface area contributed by atoms with E-state index >= 15 is 0 Å². The maximum absolute atomic E-state index is 9.99. The molecule has 0 saturated carbocycles. The van der Waals surface area contributed by atoms with E-state index in [0.29, 0.717) is 5.75 Å². The Hall–Kier alpha value is -1.71. The van der Waals surface area contributed by atoms with Crippen LogP contribution in [-0.4, -0.2) is 22.8 Å². The van der Waals surface area contributed by atoms with E-state index in [1.54, 1.807) is 6.07 Å². The zero-order valence-electron chi connectivity index (χ0n) is 14.4. The van der Waals surface area contributed by atoms with Crippen LogP contribution in [0.2, 0.25) is 0 Å². The Bertz CT molecular complexity index is 479. The van der Waals surface area contributed by atoms with Crippen molar-refractivity contribution in [2.75, 3.05) is 6.61 Å². The van der Waals surface area contributed by atoms with Gasteiger partial charge in [0, 0.05) is 24.5 Å². The molecule has 0 fully saturated rings. The number of hydrogen-bond donors (Lipinski definition) is 2. The Kier molecular flexibility index (Phi) is 9.18. The molecule has 4 nitrogen and oxygen atoms in total. The second kappa shape index (κ2) is 10.9. The van der Waals surface area contributed by atoms with Crippen LogP contribution >= 0.6 is 0 Å². The van der Waals surface area contributed by atoms with Gasteiger partial charge in [-0.2, -0.15) is 0 Å². The third-order valence-electron chi connectivity index (χ3n) is 4.00. The fourth-order valence-electron chi connectivity index (χ4n) is 2.87. The predicted octanol–water partition coefficient (Wildman–Crippen LogP) is 4.71. The second-order valence-corrected chi connectivity index (χ2v) is 6.03. The minimum atomic E-state index is -0.833. The van der Waals surface area contributed by atoms with Crippen LogP contribution in [-0.2, 0) is 17.6 Å². The Labute approximate surface area is 139 Å². The Morgan fingerprint density at radius 2 is 1.74 bits per heavy atom. The summed E-state index contributed by atoms with van der Waals surface area (Å²) in [5.74, 6) is 0.603. The highest BCUT2D eigenvalue weighted by Gasteiger charge is 2.18. The summed E-state index contributed by atoms with van der Waals surface area (Å²) in [6.45, 7) is 4.10. The second-order valence-electron chi connectivity index (χ2n) is 6.03. The van der Waals surface area contributed by atoms with Gasteiger partial charge in [-0.25, -0.2) is 0 Å². The number of carbonyl (C=O) groups is 1. The minimum Gasteiger partial charge on any atom is -0.508 e. The van der Waals surface area contributed by atoms with Crippen molar-refractivity contribution in [3.63, 3.8) is 0 Å². The first-order chi connectivity index (χ1) is 11.1. The maximum atomic E-state index is 9.99. The SMILES string of the molecule is CC(=O)O.CCCCCCCCCc1c(O)ccc2c1CCO2. The van der Waals surface area contributed by atoms with Gasteiger partial charge in [0.25, 0.3) is 5.97 Å². The highest BCUT2D eigenvalue weighted by atomic mass is 16.5. The number of rotatable bonds is 8. The molecule has 0 amide bonds. The molecule has 2 rings (SSSR count). The lowest BCUT2D eigenvalue weighted by Gasteiger charge is -2.09. The van der Waals surface area contributed by atoms with Crippen LogP contribution in [0.4, 0.5) is 0 Å². The number of fused-ring (bicyclic) bond motifs is 1. The molecule has 0 bridgehead atoms. The van der Waals surface area contributed by atoms with E-state index in [4.69, 9.17) is 14.6 Å². The first kappa shape index (κ1) is 19.3. The molecule has 2 N–H and O–H groups in total. The monoisotopic (exact) mass is 322 g/mol. The molecule has 0 aliphatic carbocycles. The molecule has 0 saturated heterocycles. The standard InChI is InChI=1S/C17H26O2.C2H4O2/c1-2-3-4-5-6-7-8-9-14-15-12-13-19-17(15)11-10-16(14)18;1-2(3)4/h10-11,18H,2-9,12-13H2,1H3;1H3,(H,3,4). The van der Waals surface area contributed by atoms with Gasteiger partial charge in [-0.15, -0.1) is 0 Å². The summed E-state index contributed by atoms with van der Waals surface area (Å²) in [6, 6.07) is 3.67. The quantitative estimate of drug-likeness (QED) is 0.680. The number of benzene rings is 1. The highest BCUT2D eigenvalue weighted by Crippen LogP contribution is 2.34. The Morgan fingerprint density at radius 1 is 1.13 bits per heavy atom. The van der Waals surface area contributed by atoms with Gasteiger partial charge in [0.05, 0.1) is 6.61 Å². The molecule has 1 aliphatic rings. The molecule has 0 spiro atoms. The van der Waals surface area contributed by atoms with E-state index in [9.17, 15) is 5.11 Å². The van der Waals surface area contributed by atoms with Crippen LogP contribution in [0.5, 0.6) is 11.5 Å². The normalized spacial score (nSPS) is 12.1. The number of aromatic hydroxyl groups is 1. The van der Waals surface area contributed by atoms with Crippen molar-refractivity contribution in [1.29, 1.82) is 0 Å². The summed E-state index contributed by atoms with van der Waals surface area (Å²) < 4.78 is 5.55. The third-order valence-corrected chi connectivity index (χ3v) is 4.00. The third kappa shape index (κ3) is 7.40. The number of aliphatic carboxylic acids is 1. The van der Waals surface area contributed by atoms with Gasteiger partial charge >= 0.3 is 0 Å². The lowest BCUT2D eigenvalue weighted by Crippen LogP contribution is -1.93. The van der Waals surface area contributed by atoms with Crippen molar-refractivity contribution in [2.24, 2.45) is 0 Å². The molecule has 4 heteroatoms. The minimum absolute atomic E-state index is 0.454.